The van der Waals surface area contributed by atoms with E-state index in [4.69, 9.17) is 0 Å². The predicted molar refractivity (Wildman–Crippen MR) is 53.4 cm³/mol. The Morgan fingerprint density at radius 2 is 2.42 bits per heavy atom. The van der Waals surface area contributed by atoms with Crippen LogP contribution in [0.4, 0.5) is 0 Å². The van der Waals surface area contributed by atoms with Crippen molar-refractivity contribution >= 4 is 11.3 Å². The Morgan fingerprint density at radius 1 is 1.58 bits per heavy atom. The van der Waals surface area contributed by atoms with E-state index in [9.17, 15) is 0 Å². The molecule has 0 unspecified atom stereocenters. The second kappa shape index (κ2) is 3.19. The van der Waals surface area contributed by atoms with Crippen molar-refractivity contribution in [3.63, 3.8) is 0 Å². The Hall–Kier alpha value is -0.340. The summed E-state index contributed by atoms with van der Waals surface area (Å²) < 4.78 is 0. The molecule has 1 aromatic rings. The van der Waals surface area contributed by atoms with Gasteiger partial charge in [-0.15, -0.1) is 0 Å². The average Bonchev–Trinajstić information content (AvgIpc) is 2.61. The van der Waals surface area contributed by atoms with E-state index < -0.39 is 0 Å². The van der Waals surface area contributed by atoms with Gasteiger partial charge in [0.2, 0.25) is 0 Å². The summed E-state index contributed by atoms with van der Waals surface area (Å²) in [5.74, 6) is 0. The first-order chi connectivity index (χ1) is 5.79. The normalized spacial score (nSPS) is 19.4. The van der Waals surface area contributed by atoms with Crippen LogP contribution in [0.2, 0.25) is 0 Å². The molecule has 1 N–H and O–H groups in total. The number of thiophene rings is 1. The maximum atomic E-state index is 3.50. The second-order valence-electron chi connectivity index (χ2n) is 4.05. The highest BCUT2D eigenvalue weighted by molar-refractivity contribution is 7.07. The summed E-state index contributed by atoms with van der Waals surface area (Å²) in [4.78, 5) is 0. The Morgan fingerprint density at radius 3 is 3.00 bits per heavy atom. The van der Waals surface area contributed by atoms with Crippen LogP contribution in [-0.2, 0) is 6.54 Å². The third kappa shape index (κ3) is 2.08. The van der Waals surface area contributed by atoms with Crippen LogP contribution >= 0.6 is 11.3 Å². The van der Waals surface area contributed by atoms with Gasteiger partial charge in [-0.3, -0.25) is 0 Å². The van der Waals surface area contributed by atoms with Crippen molar-refractivity contribution in [2.45, 2.75) is 26.3 Å². The highest BCUT2D eigenvalue weighted by atomic mass is 32.1. The first kappa shape index (κ1) is 8.27. The summed E-state index contributed by atoms with van der Waals surface area (Å²) in [6.07, 6.45) is 2.81. The van der Waals surface area contributed by atoms with Crippen LogP contribution in [0.5, 0.6) is 0 Å². The van der Waals surface area contributed by atoms with Crippen molar-refractivity contribution in [2.75, 3.05) is 6.54 Å². The molecular formula is C10H15NS. The summed E-state index contributed by atoms with van der Waals surface area (Å²) in [7, 11) is 0. The zero-order valence-electron chi connectivity index (χ0n) is 7.47. The van der Waals surface area contributed by atoms with E-state index in [1.165, 1.54) is 24.9 Å². The molecular weight excluding hydrogens is 166 g/mol. The maximum absolute atomic E-state index is 3.50. The fourth-order valence-electron chi connectivity index (χ4n) is 1.29. The van der Waals surface area contributed by atoms with Gasteiger partial charge in [0.25, 0.3) is 0 Å². The van der Waals surface area contributed by atoms with Crippen LogP contribution in [0.15, 0.2) is 16.8 Å². The van der Waals surface area contributed by atoms with Gasteiger partial charge in [-0.25, -0.2) is 0 Å². The third-order valence-electron chi connectivity index (χ3n) is 2.56. The van der Waals surface area contributed by atoms with Crippen molar-refractivity contribution in [3.05, 3.63) is 22.4 Å². The molecule has 0 atom stereocenters. The van der Waals surface area contributed by atoms with E-state index in [1.807, 2.05) is 0 Å². The fraction of sp³-hybridized carbons (Fsp3) is 0.600. The summed E-state index contributed by atoms with van der Waals surface area (Å²) >= 11 is 1.77. The van der Waals surface area contributed by atoms with E-state index in [1.54, 1.807) is 11.3 Å². The smallest absolute Gasteiger partial charge is 0.0213 e. The Bertz CT molecular complexity index is 236. The lowest BCUT2D eigenvalue weighted by molar-refractivity contribution is 0.500. The minimum Gasteiger partial charge on any atom is -0.312 e. The van der Waals surface area contributed by atoms with E-state index in [2.05, 4.69) is 29.1 Å². The van der Waals surface area contributed by atoms with Crippen LogP contribution < -0.4 is 5.32 Å². The molecule has 0 aliphatic heterocycles. The van der Waals surface area contributed by atoms with Gasteiger partial charge >= 0.3 is 0 Å². The summed E-state index contributed by atoms with van der Waals surface area (Å²) in [5, 5.41) is 7.84. The number of nitrogens with one attached hydrogen (secondary N) is 1. The van der Waals surface area contributed by atoms with E-state index in [-0.39, 0.29) is 0 Å². The SMILES string of the molecule is CC1(CNCc2ccsc2)CC1. The molecule has 0 bridgehead atoms. The second-order valence-corrected chi connectivity index (χ2v) is 4.83. The van der Waals surface area contributed by atoms with Crippen LogP contribution in [-0.4, -0.2) is 6.54 Å². The van der Waals surface area contributed by atoms with Gasteiger partial charge in [-0.1, -0.05) is 6.92 Å². The van der Waals surface area contributed by atoms with Crippen molar-refractivity contribution in [1.29, 1.82) is 0 Å². The first-order valence-corrected chi connectivity index (χ1v) is 5.45. The lowest BCUT2D eigenvalue weighted by Gasteiger charge is -2.08. The molecule has 0 saturated heterocycles. The van der Waals surface area contributed by atoms with E-state index in [0.717, 1.165) is 6.54 Å². The molecule has 0 amide bonds. The zero-order chi connectivity index (χ0) is 8.44. The maximum Gasteiger partial charge on any atom is 0.0213 e. The highest BCUT2D eigenvalue weighted by Gasteiger charge is 2.36. The molecule has 0 spiro atoms. The Labute approximate surface area is 77.8 Å². The van der Waals surface area contributed by atoms with Gasteiger partial charge in [0.15, 0.2) is 0 Å². The van der Waals surface area contributed by atoms with Gasteiger partial charge in [0.05, 0.1) is 0 Å². The van der Waals surface area contributed by atoms with Crippen molar-refractivity contribution in [1.82, 2.24) is 5.32 Å². The van der Waals surface area contributed by atoms with Gasteiger partial charge in [-0.2, -0.15) is 11.3 Å². The summed E-state index contributed by atoms with van der Waals surface area (Å²) in [5.41, 5.74) is 2.06. The van der Waals surface area contributed by atoms with Crippen LogP contribution in [0, 0.1) is 5.41 Å². The molecule has 2 rings (SSSR count). The fourth-order valence-corrected chi connectivity index (χ4v) is 1.96. The molecule has 12 heavy (non-hydrogen) atoms. The highest BCUT2D eigenvalue weighted by Crippen LogP contribution is 2.44. The minimum absolute atomic E-state index is 0.635. The molecule has 2 heteroatoms. The molecule has 66 valence electrons. The Balaban J connectivity index is 1.69. The van der Waals surface area contributed by atoms with Crippen LogP contribution in [0.25, 0.3) is 0 Å². The summed E-state index contributed by atoms with van der Waals surface area (Å²) in [6, 6.07) is 2.19. The number of hydrogen-bond donors (Lipinski definition) is 1. The lowest BCUT2D eigenvalue weighted by Crippen LogP contribution is -2.21. The van der Waals surface area contributed by atoms with E-state index in [0.29, 0.717) is 5.41 Å². The van der Waals surface area contributed by atoms with E-state index >= 15 is 0 Å². The van der Waals surface area contributed by atoms with Gasteiger partial charge in [-0.05, 0) is 40.6 Å². The first-order valence-electron chi connectivity index (χ1n) is 4.50. The van der Waals surface area contributed by atoms with Gasteiger partial charge in [0, 0.05) is 13.1 Å². The summed E-state index contributed by atoms with van der Waals surface area (Å²) in [6.45, 7) is 4.58. The molecule has 0 aromatic carbocycles. The quantitative estimate of drug-likeness (QED) is 0.753. The molecule has 1 aliphatic rings. The molecule has 1 nitrogen and oxygen atoms in total. The van der Waals surface area contributed by atoms with Crippen LogP contribution in [0.1, 0.15) is 25.3 Å². The topological polar surface area (TPSA) is 12.0 Å². The minimum atomic E-state index is 0.635. The third-order valence-corrected chi connectivity index (χ3v) is 3.30. The standard InChI is InChI=1S/C10H15NS/c1-10(3-4-10)8-11-6-9-2-5-12-7-9/h2,5,7,11H,3-4,6,8H2,1H3. The average molecular weight is 181 g/mol. The lowest BCUT2D eigenvalue weighted by atomic mass is 10.1. The molecule has 1 fully saturated rings. The zero-order valence-corrected chi connectivity index (χ0v) is 8.29. The predicted octanol–water partition coefficient (Wildman–Crippen LogP) is 2.64. The van der Waals surface area contributed by atoms with Crippen molar-refractivity contribution < 1.29 is 0 Å². The Kier molecular flexibility index (Phi) is 2.20. The molecule has 1 aromatic heterocycles. The monoisotopic (exact) mass is 181 g/mol. The van der Waals surface area contributed by atoms with Gasteiger partial charge < -0.3 is 5.32 Å². The van der Waals surface area contributed by atoms with Crippen LogP contribution in [0.3, 0.4) is 0 Å². The molecule has 1 heterocycles. The molecule has 0 radical (unpaired) electrons. The molecule has 1 aliphatic carbocycles. The number of hydrogen-bond acceptors (Lipinski definition) is 2. The van der Waals surface area contributed by atoms with Gasteiger partial charge in [0.1, 0.15) is 0 Å². The van der Waals surface area contributed by atoms with Crippen molar-refractivity contribution in [2.24, 2.45) is 5.41 Å². The molecule has 1 saturated carbocycles. The van der Waals surface area contributed by atoms with Crippen molar-refractivity contribution in [3.8, 4) is 0 Å². The number of rotatable bonds is 4. The largest absolute Gasteiger partial charge is 0.312 e.